The lowest BCUT2D eigenvalue weighted by molar-refractivity contribution is 0.0935. The van der Waals surface area contributed by atoms with Crippen LogP contribution in [0.15, 0.2) is 66.7 Å². The number of anilines is 1. The number of hydrogen-bond acceptors (Lipinski definition) is 3. The average molecular weight is 491 g/mol. The van der Waals surface area contributed by atoms with Gasteiger partial charge in [-0.3, -0.25) is 9.10 Å². The number of carbonyl (C=O) groups excluding carboxylic acids is 1. The standard InChI is InChI=1S/C29H34N2O3S/c1-4-28(26-14-13-23-7-5-6-8-25(23)19-26)30-29(32)24-15-17-27(18-16-24)31(35(3,33)34)20-22-11-9-21(2)10-12-22/h9-19,28H,4-8,20H2,1-3H3,(H,30,32)/t28-/m0/s1. The van der Waals surface area contributed by atoms with Gasteiger partial charge < -0.3 is 5.32 Å². The van der Waals surface area contributed by atoms with Gasteiger partial charge in [0.05, 0.1) is 24.5 Å². The molecule has 0 aromatic heterocycles. The van der Waals surface area contributed by atoms with E-state index in [2.05, 4.69) is 30.4 Å². The van der Waals surface area contributed by atoms with Crippen LogP contribution < -0.4 is 9.62 Å². The summed E-state index contributed by atoms with van der Waals surface area (Å²) >= 11 is 0. The summed E-state index contributed by atoms with van der Waals surface area (Å²) < 4.78 is 26.4. The third kappa shape index (κ3) is 6.12. The van der Waals surface area contributed by atoms with Crippen LogP contribution in [0.3, 0.4) is 0 Å². The first-order valence-electron chi connectivity index (χ1n) is 12.3. The fourth-order valence-electron chi connectivity index (χ4n) is 4.67. The molecule has 0 unspecified atom stereocenters. The zero-order valence-electron chi connectivity index (χ0n) is 20.8. The van der Waals surface area contributed by atoms with E-state index < -0.39 is 10.0 Å². The van der Waals surface area contributed by atoms with Crippen LogP contribution in [0.25, 0.3) is 0 Å². The molecule has 6 heteroatoms. The molecule has 0 spiro atoms. The van der Waals surface area contributed by atoms with Crippen molar-refractivity contribution in [1.29, 1.82) is 0 Å². The van der Waals surface area contributed by atoms with Crippen LogP contribution in [-0.2, 0) is 29.4 Å². The van der Waals surface area contributed by atoms with Gasteiger partial charge in [-0.1, -0.05) is 55.0 Å². The number of benzene rings is 3. The monoisotopic (exact) mass is 490 g/mol. The Kier molecular flexibility index (Phi) is 7.60. The normalized spacial score (nSPS) is 14.1. The smallest absolute Gasteiger partial charge is 0.251 e. The molecule has 0 saturated heterocycles. The van der Waals surface area contributed by atoms with E-state index in [1.807, 2.05) is 31.2 Å². The quantitative estimate of drug-likeness (QED) is 0.439. The highest BCUT2D eigenvalue weighted by atomic mass is 32.2. The molecule has 0 fully saturated rings. The Bertz CT molecular complexity index is 1280. The summed E-state index contributed by atoms with van der Waals surface area (Å²) in [5.41, 5.74) is 7.03. The lowest BCUT2D eigenvalue weighted by atomic mass is 9.88. The Labute approximate surface area is 209 Å². The highest BCUT2D eigenvalue weighted by Gasteiger charge is 2.20. The largest absolute Gasteiger partial charge is 0.345 e. The summed E-state index contributed by atoms with van der Waals surface area (Å²) in [5, 5.41) is 3.16. The van der Waals surface area contributed by atoms with Crippen LogP contribution >= 0.6 is 0 Å². The number of aryl methyl sites for hydroxylation is 3. The zero-order chi connectivity index (χ0) is 25.0. The highest BCUT2D eigenvalue weighted by molar-refractivity contribution is 7.92. The fraction of sp³-hybridized carbons (Fsp3) is 0.345. The molecule has 3 aromatic carbocycles. The van der Waals surface area contributed by atoms with Gasteiger partial charge in [0, 0.05) is 5.56 Å². The summed E-state index contributed by atoms with van der Waals surface area (Å²) in [4.78, 5) is 13.0. The average Bonchev–Trinajstić information content (AvgIpc) is 2.86. The number of fused-ring (bicyclic) bond motifs is 1. The number of sulfonamides is 1. The summed E-state index contributed by atoms with van der Waals surface area (Å²) in [6.07, 6.45) is 6.71. The van der Waals surface area contributed by atoms with Crippen molar-refractivity contribution in [2.45, 2.75) is 58.5 Å². The van der Waals surface area contributed by atoms with Crippen LogP contribution in [0.1, 0.15) is 70.4 Å². The Balaban J connectivity index is 1.49. The van der Waals surface area contributed by atoms with Crippen molar-refractivity contribution in [3.63, 3.8) is 0 Å². The Morgan fingerprint density at radius 3 is 2.23 bits per heavy atom. The molecule has 0 heterocycles. The molecule has 184 valence electrons. The van der Waals surface area contributed by atoms with Crippen molar-refractivity contribution in [2.75, 3.05) is 10.6 Å². The Morgan fingerprint density at radius 2 is 1.60 bits per heavy atom. The van der Waals surface area contributed by atoms with Crippen LogP contribution in [0.4, 0.5) is 5.69 Å². The number of rotatable bonds is 8. The molecule has 0 aliphatic heterocycles. The maximum Gasteiger partial charge on any atom is 0.251 e. The molecule has 35 heavy (non-hydrogen) atoms. The third-order valence-electron chi connectivity index (χ3n) is 6.75. The van der Waals surface area contributed by atoms with Crippen LogP contribution in [-0.4, -0.2) is 20.6 Å². The van der Waals surface area contributed by atoms with Crippen LogP contribution in [0.5, 0.6) is 0 Å². The van der Waals surface area contributed by atoms with Gasteiger partial charge in [0.1, 0.15) is 0 Å². The molecule has 1 aliphatic carbocycles. The van der Waals surface area contributed by atoms with Crippen molar-refractivity contribution in [2.24, 2.45) is 0 Å². The molecule has 1 atom stereocenters. The molecular formula is C29H34N2O3S. The summed E-state index contributed by atoms with van der Waals surface area (Å²) in [7, 11) is -3.49. The zero-order valence-corrected chi connectivity index (χ0v) is 21.6. The molecule has 1 N–H and O–H groups in total. The summed E-state index contributed by atoms with van der Waals surface area (Å²) in [6, 6.07) is 21.1. The van der Waals surface area contributed by atoms with Gasteiger partial charge in [-0.05, 0) is 85.5 Å². The number of nitrogens with zero attached hydrogens (tertiary/aromatic N) is 1. The van der Waals surface area contributed by atoms with E-state index in [1.165, 1.54) is 34.5 Å². The second-order valence-electron chi connectivity index (χ2n) is 9.47. The van der Waals surface area contributed by atoms with Crippen LogP contribution in [0, 0.1) is 6.92 Å². The van der Waals surface area contributed by atoms with Gasteiger partial charge in [0.2, 0.25) is 10.0 Å². The second-order valence-corrected chi connectivity index (χ2v) is 11.4. The molecule has 3 aromatic rings. The number of amides is 1. The lowest BCUT2D eigenvalue weighted by Gasteiger charge is -2.23. The molecule has 1 amide bonds. The first-order valence-corrected chi connectivity index (χ1v) is 14.2. The SMILES string of the molecule is CC[C@H](NC(=O)c1ccc(N(Cc2ccc(C)cc2)S(C)(=O)=O)cc1)c1ccc2c(c1)CCCC2. The number of carbonyl (C=O) groups is 1. The second kappa shape index (κ2) is 10.6. The molecule has 1 aliphatic rings. The third-order valence-corrected chi connectivity index (χ3v) is 7.89. The van der Waals surface area contributed by atoms with E-state index in [4.69, 9.17) is 0 Å². The van der Waals surface area contributed by atoms with E-state index >= 15 is 0 Å². The predicted octanol–water partition coefficient (Wildman–Crippen LogP) is 5.72. The Morgan fingerprint density at radius 1 is 0.943 bits per heavy atom. The minimum atomic E-state index is -3.49. The lowest BCUT2D eigenvalue weighted by Crippen LogP contribution is -2.30. The fourth-order valence-corrected chi connectivity index (χ4v) is 5.56. The molecular weight excluding hydrogens is 456 g/mol. The van der Waals surface area contributed by atoms with Crippen molar-refractivity contribution in [1.82, 2.24) is 5.32 Å². The van der Waals surface area contributed by atoms with Gasteiger partial charge in [-0.2, -0.15) is 0 Å². The van der Waals surface area contributed by atoms with Crippen molar-refractivity contribution in [3.05, 3.63) is 100 Å². The molecule has 0 saturated carbocycles. The first-order chi connectivity index (χ1) is 16.7. The van der Waals surface area contributed by atoms with E-state index in [1.54, 1.807) is 24.3 Å². The summed E-state index contributed by atoms with van der Waals surface area (Å²) in [6.45, 7) is 4.31. The molecule has 5 nitrogen and oxygen atoms in total. The van der Waals surface area contributed by atoms with E-state index in [9.17, 15) is 13.2 Å². The van der Waals surface area contributed by atoms with Crippen molar-refractivity contribution < 1.29 is 13.2 Å². The maximum atomic E-state index is 13.0. The van der Waals surface area contributed by atoms with E-state index in [0.717, 1.165) is 36.0 Å². The topological polar surface area (TPSA) is 66.5 Å². The molecule has 4 rings (SSSR count). The van der Waals surface area contributed by atoms with E-state index in [0.29, 0.717) is 11.3 Å². The van der Waals surface area contributed by atoms with Crippen LogP contribution in [0.2, 0.25) is 0 Å². The first kappa shape index (κ1) is 25.0. The van der Waals surface area contributed by atoms with Crippen molar-refractivity contribution >= 4 is 21.6 Å². The number of hydrogen-bond donors (Lipinski definition) is 1. The van der Waals surface area contributed by atoms with Gasteiger partial charge in [0.15, 0.2) is 0 Å². The molecule has 0 radical (unpaired) electrons. The van der Waals surface area contributed by atoms with Gasteiger partial charge >= 0.3 is 0 Å². The molecule has 0 bridgehead atoms. The highest BCUT2D eigenvalue weighted by Crippen LogP contribution is 2.27. The minimum absolute atomic E-state index is 0.0662. The van der Waals surface area contributed by atoms with Gasteiger partial charge in [0.25, 0.3) is 5.91 Å². The predicted molar refractivity (Wildman–Crippen MR) is 142 cm³/mol. The summed E-state index contributed by atoms with van der Waals surface area (Å²) in [5.74, 6) is -0.162. The van der Waals surface area contributed by atoms with E-state index in [-0.39, 0.29) is 18.5 Å². The number of nitrogens with one attached hydrogen (secondary N) is 1. The Hall–Kier alpha value is -3.12. The van der Waals surface area contributed by atoms with Gasteiger partial charge in [-0.15, -0.1) is 0 Å². The van der Waals surface area contributed by atoms with Crippen molar-refractivity contribution in [3.8, 4) is 0 Å². The minimum Gasteiger partial charge on any atom is -0.345 e. The van der Waals surface area contributed by atoms with Gasteiger partial charge in [-0.25, -0.2) is 8.42 Å². The maximum absolute atomic E-state index is 13.0.